The fraction of sp³-hybridized carbons (Fsp3) is 0.0400. The molecule has 2 nitrogen and oxygen atoms in total. The average Bonchev–Trinajstić information content (AvgIpc) is 3.12. The van der Waals surface area contributed by atoms with Gasteiger partial charge >= 0.3 is 0 Å². The first-order valence-electron chi connectivity index (χ1n) is 9.24. The second-order valence-corrected chi connectivity index (χ2v) is 7.05. The molecule has 0 aliphatic heterocycles. The fourth-order valence-electron chi connectivity index (χ4n) is 4.36. The van der Waals surface area contributed by atoms with E-state index in [9.17, 15) is 0 Å². The molecule has 5 aromatic rings. The summed E-state index contributed by atoms with van der Waals surface area (Å²) in [5.74, 6) is 0. The highest BCUT2D eigenvalue weighted by atomic mass is 14.8. The van der Waals surface area contributed by atoms with E-state index in [-0.39, 0.29) is 0 Å². The van der Waals surface area contributed by atoms with Gasteiger partial charge in [-0.05, 0) is 40.8 Å². The summed E-state index contributed by atoms with van der Waals surface area (Å²) in [6, 6.07) is 27.7. The zero-order valence-corrected chi connectivity index (χ0v) is 14.7. The van der Waals surface area contributed by atoms with Gasteiger partial charge in [-0.3, -0.25) is 4.98 Å². The molecular formula is C25H16N2. The lowest BCUT2D eigenvalue weighted by Crippen LogP contribution is -1.94. The topological polar surface area (TPSA) is 25.8 Å². The van der Waals surface area contributed by atoms with E-state index in [2.05, 4.69) is 66.7 Å². The van der Waals surface area contributed by atoms with Crippen LogP contribution >= 0.6 is 0 Å². The highest BCUT2D eigenvalue weighted by Crippen LogP contribution is 2.43. The maximum atomic E-state index is 4.99. The van der Waals surface area contributed by atoms with Crippen molar-refractivity contribution in [3.63, 3.8) is 0 Å². The smallest absolute Gasteiger partial charge is 0.0968 e. The Morgan fingerprint density at radius 2 is 1.56 bits per heavy atom. The van der Waals surface area contributed by atoms with Gasteiger partial charge in [0.05, 0.1) is 16.7 Å². The van der Waals surface area contributed by atoms with Crippen LogP contribution in [0.15, 0.2) is 85.1 Å². The van der Waals surface area contributed by atoms with E-state index in [0.717, 1.165) is 28.7 Å². The summed E-state index contributed by atoms with van der Waals surface area (Å²) in [6.45, 7) is 0. The third-order valence-corrected chi connectivity index (χ3v) is 5.55. The largest absolute Gasteiger partial charge is 0.254 e. The van der Waals surface area contributed by atoms with Crippen LogP contribution in [0.25, 0.3) is 44.2 Å². The number of hydrogen-bond acceptors (Lipinski definition) is 2. The molecular weight excluding hydrogens is 328 g/mol. The minimum Gasteiger partial charge on any atom is -0.254 e. The SMILES string of the molecule is c1ccc(-c2nc3cccnc3c3c4c(ccc23)-c2ccccc2C4)cc1. The molecule has 0 N–H and O–H groups in total. The molecule has 2 aromatic heterocycles. The summed E-state index contributed by atoms with van der Waals surface area (Å²) in [6.07, 6.45) is 2.82. The van der Waals surface area contributed by atoms with Crippen LogP contribution in [-0.4, -0.2) is 9.97 Å². The molecule has 2 heteroatoms. The van der Waals surface area contributed by atoms with Crippen LogP contribution in [0, 0.1) is 0 Å². The highest BCUT2D eigenvalue weighted by Gasteiger charge is 2.23. The number of aromatic nitrogens is 2. The maximum Gasteiger partial charge on any atom is 0.0968 e. The Kier molecular flexibility index (Phi) is 2.97. The third-order valence-electron chi connectivity index (χ3n) is 5.55. The van der Waals surface area contributed by atoms with E-state index in [4.69, 9.17) is 9.97 Å². The Balaban J connectivity index is 1.78. The summed E-state index contributed by atoms with van der Waals surface area (Å²) in [5.41, 5.74) is 9.56. The Labute approximate surface area is 157 Å². The van der Waals surface area contributed by atoms with E-state index in [1.54, 1.807) is 0 Å². The second kappa shape index (κ2) is 5.49. The quantitative estimate of drug-likeness (QED) is 0.341. The zero-order valence-electron chi connectivity index (χ0n) is 14.7. The van der Waals surface area contributed by atoms with E-state index in [1.165, 1.54) is 33.0 Å². The molecule has 0 saturated heterocycles. The lowest BCUT2D eigenvalue weighted by atomic mass is 9.95. The van der Waals surface area contributed by atoms with E-state index in [1.807, 2.05) is 18.3 Å². The summed E-state index contributed by atoms with van der Waals surface area (Å²) in [4.78, 5) is 9.71. The molecule has 2 heterocycles. The molecule has 27 heavy (non-hydrogen) atoms. The van der Waals surface area contributed by atoms with Crippen LogP contribution in [0.4, 0.5) is 0 Å². The van der Waals surface area contributed by atoms with Crippen molar-refractivity contribution in [2.45, 2.75) is 6.42 Å². The molecule has 1 aliphatic carbocycles. The lowest BCUT2D eigenvalue weighted by Gasteiger charge is -2.13. The van der Waals surface area contributed by atoms with Crippen molar-refractivity contribution in [3.8, 4) is 22.4 Å². The van der Waals surface area contributed by atoms with Crippen LogP contribution < -0.4 is 0 Å². The Morgan fingerprint density at radius 3 is 2.48 bits per heavy atom. The van der Waals surface area contributed by atoms with Crippen molar-refractivity contribution < 1.29 is 0 Å². The fourth-order valence-corrected chi connectivity index (χ4v) is 4.36. The molecule has 0 bridgehead atoms. The van der Waals surface area contributed by atoms with Crippen molar-refractivity contribution in [1.82, 2.24) is 9.97 Å². The number of pyridine rings is 2. The van der Waals surface area contributed by atoms with Gasteiger partial charge in [-0.15, -0.1) is 0 Å². The summed E-state index contributed by atoms with van der Waals surface area (Å²) < 4.78 is 0. The van der Waals surface area contributed by atoms with Crippen molar-refractivity contribution in [1.29, 1.82) is 0 Å². The first-order valence-corrected chi connectivity index (χ1v) is 9.24. The van der Waals surface area contributed by atoms with Gasteiger partial charge in [0.15, 0.2) is 0 Å². The molecule has 0 atom stereocenters. The number of fused-ring (bicyclic) bond motifs is 7. The molecule has 0 saturated carbocycles. The predicted octanol–water partition coefficient (Wildman–Crippen LogP) is 6.02. The normalized spacial score (nSPS) is 12.3. The van der Waals surface area contributed by atoms with Gasteiger partial charge in [0, 0.05) is 22.5 Å². The molecule has 1 aliphatic rings. The van der Waals surface area contributed by atoms with Gasteiger partial charge in [0.1, 0.15) is 0 Å². The second-order valence-electron chi connectivity index (χ2n) is 7.05. The molecule has 0 radical (unpaired) electrons. The Hall–Kier alpha value is -3.52. The molecule has 0 spiro atoms. The monoisotopic (exact) mass is 344 g/mol. The van der Waals surface area contributed by atoms with Crippen LogP contribution in [0.2, 0.25) is 0 Å². The first-order chi connectivity index (χ1) is 13.4. The highest BCUT2D eigenvalue weighted by molar-refractivity contribution is 6.13. The van der Waals surface area contributed by atoms with Gasteiger partial charge < -0.3 is 0 Å². The lowest BCUT2D eigenvalue weighted by molar-refractivity contribution is 1.28. The van der Waals surface area contributed by atoms with Gasteiger partial charge in [0.2, 0.25) is 0 Å². The van der Waals surface area contributed by atoms with Crippen LogP contribution in [0.3, 0.4) is 0 Å². The van der Waals surface area contributed by atoms with Crippen molar-refractivity contribution >= 4 is 21.8 Å². The molecule has 3 aromatic carbocycles. The first kappa shape index (κ1) is 14.6. The van der Waals surface area contributed by atoms with Crippen molar-refractivity contribution in [2.75, 3.05) is 0 Å². The standard InChI is InChI=1S/C25H16N2/c1-2-7-16(8-3-1)24-20-13-12-19-18-10-5-4-9-17(18)15-21(19)23(20)25-22(27-24)11-6-14-26-25/h1-14H,15H2. The number of nitrogens with zero attached hydrogens (tertiary/aromatic N) is 2. The molecule has 6 rings (SSSR count). The predicted molar refractivity (Wildman–Crippen MR) is 111 cm³/mol. The van der Waals surface area contributed by atoms with E-state index >= 15 is 0 Å². The van der Waals surface area contributed by atoms with Gasteiger partial charge in [0.25, 0.3) is 0 Å². The Bertz CT molecular complexity index is 1340. The van der Waals surface area contributed by atoms with E-state index < -0.39 is 0 Å². The van der Waals surface area contributed by atoms with Crippen LogP contribution in [-0.2, 0) is 6.42 Å². The van der Waals surface area contributed by atoms with Crippen LogP contribution in [0.1, 0.15) is 11.1 Å². The van der Waals surface area contributed by atoms with Gasteiger partial charge in [-0.1, -0.05) is 66.7 Å². The van der Waals surface area contributed by atoms with Crippen molar-refractivity contribution in [2.24, 2.45) is 0 Å². The minimum absolute atomic E-state index is 0.951. The molecule has 126 valence electrons. The minimum atomic E-state index is 0.951. The summed E-state index contributed by atoms with van der Waals surface area (Å²) in [5, 5.41) is 2.42. The maximum absolute atomic E-state index is 4.99. The molecule has 0 unspecified atom stereocenters. The number of rotatable bonds is 1. The number of benzene rings is 3. The summed E-state index contributed by atoms with van der Waals surface area (Å²) >= 11 is 0. The molecule has 0 fully saturated rings. The number of hydrogen-bond donors (Lipinski definition) is 0. The van der Waals surface area contributed by atoms with Crippen molar-refractivity contribution in [3.05, 3.63) is 96.2 Å². The van der Waals surface area contributed by atoms with Gasteiger partial charge in [-0.2, -0.15) is 0 Å². The van der Waals surface area contributed by atoms with Gasteiger partial charge in [-0.25, -0.2) is 4.98 Å². The molecule has 0 amide bonds. The average molecular weight is 344 g/mol. The van der Waals surface area contributed by atoms with E-state index in [0.29, 0.717) is 0 Å². The van der Waals surface area contributed by atoms with Crippen LogP contribution in [0.5, 0.6) is 0 Å². The zero-order chi connectivity index (χ0) is 17.8. The summed E-state index contributed by atoms with van der Waals surface area (Å²) in [7, 11) is 0. The third kappa shape index (κ3) is 2.07. The Morgan fingerprint density at radius 1 is 0.704 bits per heavy atom.